The minimum Gasteiger partial charge on any atom is -0.379 e. The van der Waals surface area contributed by atoms with Crippen molar-refractivity contribution in [1.82, 2.24) is 0 Å². The van der Waals surface area contributed by atoms with Gasteiger partial charge in [-0.1, -0.05) is 37.6 Å². The summed E-state index contributed by atoms with van der Waals surface area (Å²) in [6.07, 6.45) is 2.31. The smallest absolute Gasteiger partial charge is 0.0685 e. The predicted molar refractivity (Wildman–Crippen MR) is 68.5 cm³/mol. The Kier molecular flexibility index (Phi) is 4.97. The van der Waals surface area contributed by atoms with Gasteiger partial charge in [0, 0.05) is 6.61 Å². The van der Waals surface area contributed by atoms with Crippen LogP contribution in [0, 0.1) is 0 Å². The first-order valence-corrected chi connectivity index (χ1v) is 6.06. The monoisotopic (exact) mass is 221 g/mol. The number of benzene rings is 1. The van der Waals surface area contributed by atoms with Crippen LogP contribution in [0.4, 0.5) is 0 Å². The van der Waals surface area contributed by atoms with Crippen LogP contribution in [-0.4, -0.2) is 13.2 Å². The zero-order valence-electron chi connectivity index (χ0n) is 10.6. The van der Waals surface area contributed by atoms with Gasteiger partial charge in [-0.3, -0.25) is 0 Å². The van der Waals surface area contributed by atoms with E-state index in [1.165, 1.54) is 12.0 Å². The highest BCUT2D eigenvalue weighted by Crippen LogP contribution is 2.19. The molecule has 0 heterocycles. The third kappa shape index (κ3) is 3.62. The van der Waals surface area contributed by atoms with Crippen molar-refractivity contribution in [2.24, 2.45) is 5.73 Å². The summed E-state index contributed by atoms with van der Waals surface area (Å²) < 4.78 is 5.41. The average Bonchev–Trinajstić information content (AvgIpc) is 2.28. The highest BCUT2D eigenvalue weighted by atomic mass is 16.5. The molecule has 90 valence electrons. The molecule has 0 spiro atoms. The summed E-state index contributed by atoms with van der Waals surface area (Å²) in [5.41, 5.74) is 8.35. The standard InChI is InChI=1S/C14H23NO/c1-4-6-12-7-9-13(10-8-12)14(3,15)11-16-5-2/h7-10H,4-6,11,15H2,1-3H3. The molecule has 1 unspecified atom stereocenters. The lowest BCUT2D eigenvalue weighted by Gasteiger charge is -2.25. The van der Waals surface area contributed by atoms with Crippen molar-refractivity contribution in [2.45, 2.75) is 39.2 Å². The average molecular weight is 221 g/mol. The molecule has 0 aliphatic carbocycles. The number of ether oxygens (including phenoxy) is 1. The molecule has 0 amide bonds. The number of aryl methyl sites for hydroxylation is 1. The minimum atomic E-state index is -0.388. The molecule has 0 fully saturated rings. The fourth-order valence-corrected chi connectivity index (χ4v) is 1.74. The van der Waals surface area contributed by atoms with Gasteiger partial charge in [-0.2, -0.15) is 0 Å². The Labute approximate surface area is 98.8 Å². The van der Waals surface area contributed by atoms with Gasteiger partial charge < -0.3 is 10.5 Å². The van der Waals surface area contributed by atoms with E-state index >= 15 is 0 Å². The van der Waals surface area contributed by atoms with Gasteiger partial charge in [0.05, 0.1) is 12.1 Å². The van der Waals surface area contributed by atoms with Crippen molar-refractivity contribution in [3.63, 3.8) is 0 Å². The summed E-state index contributed by atoms with van der Waals surface area (Å²) >= 11 is 0. The quantitative estimate of drug-likeness (QED) is 0.801. The van der Waals surface area contributed by atoms with E-state index in [0.717, 1.165) is 12.0 Å². The third-order valence-corrected chi connectivity index (χ3v) is 2.76. The van der Waals surface area contributed by atoms with E-state index in [4.69, 9.17) is 10.5 Å². The molecule has 0 radical (unpaired) electrons. The molecule has 2 N–H and O–H groups in total. The first-order valence-electron chi connectivity index (χ1n) is 6.06. The molecule has 16 heavy (non-hydrogen) atoms. The molecule has 1 atom stereocenters. The van der Waals surface area contributed by atoms with Gasteiger partial charge >= 0.3 is 0 Å². The van der Waals surface area contributed by atoms with Crippen LogP contribution in [0.3, 0.4) is 0 Å². The molecule has 2 nitrogen and oxygen atoms in total. The Hall–Kier alpha value is -0.860. The largest absolute Gasteiger partial charge is 0.379 e. The van der Waals surface area contributed by atoms with Crippen LogP contribution in [0.5, 0.6) is 0 Å². The van der Waals surface area contributed by atoms with E-state index < -0.39 is 0 Å². The van der Waals surface area contributed by atoms with Gasteiger partial charge in [0.25, 0.3) is 0 Å². The van der Waals surface area contributed by atoms with Gasteiger partial charge in [-0.25, -0.2) is 0 Å². The number of rotatable bonds is 6. The fourth-order valence-electron chi connectivity index (χ4n) is 1.74. The van der Waals surface area contributed by atoms with E-state index in [9.17, 15) is 0 Å². The lowest BCUT2D eigenvalue weighted by atomic mass is 9.93. The second-order valence-corrected chi connectivity index (χ2v) is 4.50. The molecule has 0 aromatic heterocycles. The number of nitrogens with two attached hydrogens (primary N) is 1. The van der Waals surface area contributed by atoms with Crippen LogP contribution in [0.15, 0.2) is 24.3 Å². The highest BCUT2D eigenvalue weighted by Gasteiger charge is 2.20. The van der Waals surface area contributed by atoms with Crippen LogP contribution in [0.1, 0.15) is 38.3 Å². The Morgan fingerprint density at radius 1 is 1.19 bits per heavy atom. The molecule has 0 aliphatic heterocycles. The fraction of sp³-hybridized carbons (Fsp3) is 0.571. The maximum atomic E-state index is 6.22. The zero-order chi connectivity index (χ0) is 12.0. The lowest BCUT2D eigenvalue weighted by molar-refractivity contribution is 0.101. The summed E-state index contributed by atoms with van der Waals surface area (Å²) in [7, 11) is 0. The predicted octanol–water partition coefficient (Wildman–Crippen LogP) is 2.85. The molecule has 0 saturated heterocycles. The summed E-state index contributed by atoms with van der Waals surface area (Å²) in [6, 6.07) is 8.56. The lowest BCUT2D eigenvalue weighted by Crippen LogP contribution is -2.38. The minimum absolute atomic E-state index is 0.388. The normalized spacial score (nSPS) is 14.8. The zero-order valence-corrected chi connectivity index (χ0v) is 10.6. The van der Waals surface area contributed by atoms with Crippen molar-refractivity contribution in [3.8, 4) is 0 Å². The first kappa shape index (κ1) is 13.2. The van der Waals surface area contributed by atoms with Crippen LogP contribution < -0.4 is 5.73 Å². The summed E-state index contributed by atoms with van der Waals surface area (Å²) in [6.45, 7) is 7.46. The highest BCUT2D eigenvalue weighted by molar-refractivity contribution is 5.28. The number of hydrogen-bond acceptors (Lipinski definition) is 2. The third-order valence-electron chi connectivity index (χ3n) is 2.76. The second-order valence-electron chi connectivity index (χ2n) is 4.50. The van der Waals surface area contributed by atoms with Crippen LogP contribution in [-0.2, 0) is 16.7 Å². The molecular weight excluding hydrogens is 198 g/mol. The van der Waals surface area contributed by atoms with Crippen LogP contribution in [0.2, 0.25) is 0 Å². The van der Waals surface area contributed by atoms with E-state index in [2.05, 4.69) is 31.2 Å². The van der Waals surface area contributed by atoms with Crippen molar-refractivity contribution in [3.05, 3.63) is 35.4 Å². The van der Waals surface area contributed by atoms with Gasteiger partial charge in [-0.15, -0.1) is 0 Å². The molecule has 0 aliphatic rings. The van der Waals surface area contributed by atoms with Crippen molar-refractivity contribution < 1.29 is 4.74 Å². The second kappa shape index (κ2) is 6.02. The van der Waals surface area contributed by atoms with Crippen molar-refractivity contribution in [2.75, 3.05) is 13.2 Å². The number of hydrogen-bond donors (Lipinski definition) is 1. The topological polar surface area (TPSA) is 35.2 Å². The van der Waals surface area contributed by atoms with Crippen LogP contribution >= 0.6 is 0 Å². The van der Waals surface area contributed by atoms with E-state index in [0.29, 0.717) is 13.2 Å². The molecule has 1 aromatic rings. The van der Waals surface area contributed by atoms with Gasteiger partial charge in [-0.05, 0) is 31.4 Å². The SMILES string of the molecule is CCCc1ccc(C(C)(N)COCC)cc1. The Morgan fingerprint density at radius 3 is 2.31 bits per heavy atom. The maximum Gasteiger partial charge on any atom is 0.0685 e. The van der Waals surface area contributed by atoms with Crippen LogP contribution in [0.25, 0.3) is 0 Å². The molecule has 1 rings (SSSR count). The Balaban J connectivity index is 2.71. The van der Waals surface area contributed by atoms with E-state index in [1.54, 1.807) is 0 Å². The van der Waals surface area contributed by atoms with Crippen molar-refractivity contribution in [1.29, 1.82) is 0 Å². The maximum absolute atomic E-state index is 6.22. The van der Waals surface area contributed by atoms with Gasteiger partial charge in [0.1, 0.15) is 0 Å². The molecule has 0 bridgehead atoms. The summed E-state index contributed by atoms with van der Waals surface area (Å²) in [4.78, 5) is 0. The molecule has 0 saturated carbocycles. The molecule has 2 heteroatoms. The molecule has 1 aromatic carbocycles. The Morgan fingerprint density at radius 2 is 1.81 bits per heavy atom. The van der Waals surface area contributed by atoms with Crippen molar-refractivity contribution >= 4 is 0 Å². The Bertz CT molecular complexity index is 303. The summed E-state index contributed by atoms with van der Waals surface area (Å²) in [5.74, 6) is 0. The van der Waals surface area contributed by atoms with Gasteiger partial charge in [0.15, 0.2) is 0 Å². The van der Waals surface area contributed by atoms with Gasteiger partial charge in [0.2, 0.25) is 0 Å². The summed E-state index contributed by atoms with van der Waals surface area (Å²) in [5, 5.41) is 0. The molecular formula is C14H23NO. The first-order chi connectivity index (χ1) is 7.60. The van der Waals surface area contributed by atoms with E-state index in [-0.39, 0.29) is 5.54 Å². The van der Waals surface area contributed by atoms with E-state index in [1.807, 2.05) is 13.8 Å².